The summed E-state index contributed by atoms with van der Waals surface area (Å²) < 4.78 is 5.95. The van der Waals surface area contributed by atoms with Crippen LogP contribution in [0, 0.1) is 6.92 Å². The predicted octanol–water partition coefficient (Wildman–Crippen LogP) is 6.16. The van der Waals surface area contributed by atoms with Gasteiger partial charge in [0.25, 0.3) is 0 Å². The lowest BCUT2D eigenvalue weighted by Gasteiger charge is -2.16. The van der Waals surface area contributed by atoms with Crippen LogP contribution in [0.15, 0.2) is 77.2 Å². The maximum Gasteiger partial charge on any atom is 0.247 e. The quantitative estimate of drug-likeness (QED) is 0.347. The molecule has 3 aromatic carbocycles. The number of hydrogen-bond acceptors (Lipinski definition) is 5. The molecule has 5 heteroatoms. The van der Waals surface area contributed by atoms with Crippen LogP contribution >= 0.6 is 0 Å². The molecule has 0 bridgehead atoms. The van der Waals surface area contributed by atoms with Crippen LogP contribution in [0.25, 0.3) is 22.6 Å². The molecule has 0 amide bonds. The molecule has 1 aliphatic heterocycles. The van der Waals surface area contributed by atoms with Crippen molar-refractivity contribution in [2.24, 2.45) is 0 Å². The summed E-state index contributed by atoms with van der Waals surface area (Å²) in [6.07, 6.45) is 2.65. The number of aromatic nitrogens is 2. The number of nitrogens with zero attached hydrogens (tertiary/aromatic N) is 3. The molecular weight excluding hydrogens is 420 g/mol. The van der Waals surface area contributed by atoms with Crippen LogP contribution in [0.2, 0.25) is 0 Å². The molecule has 0 saturated carbocycles. The van der Waals surface area contributed by atoms with Gasteiger partial charge in [0.15, 0.2) is 0 Å². The molecule has 1 fully saturated rings. The molecule has 5 nitrogen and oxygen atoms in total. The third-order valence-corrected chi connectivity index (χ3v) is 6.60. The van der Waals surface area contributed by atoms with Crippen molar-refractivity contribution in [1.82, 2.24) is 20.4 Å². The highest BCUT2D eigenvalue weighted by molar-refractivity contribution is 5.67. The van der Waals surface area contributed by atoms with Crippen molar-refractivity contribution in [1.29, 1.82) is 0 Å². The molecule has 1 aliphatic rings. The minimum Gasteiger partial charge on any atom is -0.419 e. The standard InChI is InChI=1S/C29H32N4O/c1-21-9-13-25(14-10-21)29-32-31-28(34-29)22(2)30-19-26-7-3-4-8-27(26)24-15-11-23(12-16-24)20-33-17-5-6-18-33/h3-4,7-16,22,30H,5-6,17-20H2,1-2H3. The molecule has 2 heterocycles. The molecule has 1 atom stereocenters. The fourth-order valence-electron chi connectivity index (χ4n) is 4.52. The van der Waals surface area contributed by atoms with Gasteiger partial charge in [0, 0.05) is 18.7 Å². The third-order valence-electron chi connectivity index (χ3n) is 6.60. The predicted molar refractivity (Wildman–Crippen MR) is 136 cm³/mol. The summed E-state index contributed by atoms with van der Waals surface area (Å²) in [7, 11) is 0. The van der Waals surface area contributed by atoms with Crippen LogP contribution in [-0.4, -0.2) is 28.2 Å². The van der Waals surface area contributed by atoms with E-state index in [1.807, 2.05) is 12.1 Å². The van der Waals surface area contributed by atoms with Crippen molar-refractivity contribution in [3.63, 3.8) is 0 Å². The van der Waals surface area contributed by atoms with Gasteiger partial charge >= 0.3 is 0 Å². The van der Waals surface area contributed by atoms with Crippen molar-refractivity contribution in [3.8, 4) is 22.6 Å². The van der Waals surface area contributed by atoms with Gasteiger partial charge < -0.3 is 9.73 Å². The number of aryl methyl sites for hydroxylation is 1. The Bertz CT molecular complexity index is 1210. The van der Waals surface area contributed by atoms with Crippen molar-refractivity contribution >= 4 is 0 Å². The Morgan fingerprint density at radius 3 is 2.35 bits per heavy atom. The first-order chi connectivity index (χ1) is 16.7. The Kier molecular flexibility index (Phi) is 6.84. The average molecular weight is 453 g/mol. The molecular formula is C29H32N4O. The van der Waals surface area contributed by atoms with Gasteiger partial charge in [0.1, 0.15) is 0 Å². The van der Waals surface area contributed by atoms with Crippen molar-refractivity contribution in [2.45, 2.75) is 45.8 Å². The van der Waals surface area contributed by atoms with Crippen LogP contribution in [0.3, 0.4) is 0 Å². The molecule has 1 N–H and O–H groups in total. The molecule has 5 rings (SSSR count). The molecule has 1 aromatic heterocycles. The third kappa shape index (κ3) is 5.27. The monoisotopic (exact) mass is 452 g/mol. The van der Waals surface area contributed by atoms with Gasteiger partial charge in [-0.05, 0) is 74.2 Å². The van der Waals surface area contributed by atoms with E-state index >= 15 is 0 Å². The first kappa shape index (κ1) is 22.5. The molecule has 4 aromatic rings. The van der Waals surface area contributed by atoms with E-state index in [2.05, 4.69) is 94.9 Å². The molecule has 0 spiro atoms. The van der Waals surface area contributed by atoms with Crippen molar-refractivity contribution in [2.75, 3.05) is 13.1 Å². The van der Waals surface area contributed by atoms with E-state index in [4.69, 9.17) is 4.42 Å². The van der Waals surface area contributed by atoms with Crippen molar-refractivity contribution < 1.29 is 4.42 Å². The number of rotatable bonds is 8. The van der Waals surface area contributed by atoms with Gasteiger partial charge in [-0.2, -0.15) is 0 Å². The fraction of sp³-hybridized carbons (Fsp3) is 0.310. The molecule has 0 aliphatic carbocycles. The zero-order valence-corrected chi connectivity index (χ0v) is 20.0. The van der Waals surface area contributed by atoms with Gasteiger partial charge in [-0.3, -0.25) is 4.90 Å². The van der Waals surface area contributed by atoms with Crippen LogP contribution < -0.4 is 5.32 Å². The van der Waals surface area contributed by atoms with Gasteiger partial charge in [-0.25, -0.2) is 0 Å². The Balaban J connectivity index is 1.25. The fourth-order valence-corrected chi connectivity index (χ4v) is 4.52. The maximum absolute atomic E-state index is 5.95. The van der Waals surface area contributed by atoms with Crippen molar-refractivity contribution in [3.05, 3.63) is 95.4 Å². The van der Waals surface area contributed by atoms with E-state index in [0.717, 1.165) is 18.7 Å². The Morgan fingerprint density at radius 1 is 0.882 bits per heavy atom. The highest BCUT2D eigenvalue weighted by Crippen LogP contribution is 2.26. The maximum atomic E-state index is 5.95. The van der Waals surface area contributed by atoms with Crippen LogP contribution in [0.1, 0.15) is 48.4 Å². The normalized spacial score (nSPS) is 15.0. The van der Waals surface area contributed by atoms with Crippen LogP contribution in [0.5, 0.6) is 0 Å². The lowest BCUT2D eigenvalue weighted by atomic mass is 9.98. The summed E-state index contributed by atoms with van der Waals surface area (Å²) in [5, 5.41) is 12.1. The summed E-state index contributed by atoms with van der Waals surface area (Å²) in [5.41, 5.74) is 7.28. The van der Waals surface area contributed by atoms with E-state index in [9.17, 15) is 0 Å². The Labute approximate surface area is 201 Å². The first-order valence-corrected chi connectivity index (χ1v) is 12.2. The number of benzene rings is 3. The van der Waals surface area contributed by atoms with Gasteiger partial charge in [0.05, 0.1) is 6.04 Å². The van der Waals surface area contributed by atoms with Gasteiger partial charge in [-0.1, -0.05) is 66.2 Å². The largest absolute Gasteiger partial charge is 0.419 e. The van der Waals surface area contributed by atoms with Crippen LogP contribution in [-0.2, 0) is 13.1 Å². The summed E-state index contributed by atoms with van der Waals surface area (Å²) >= 11 is 0. The first-order valence-electron chi connectivity index (χ1n) is 12.2. The topological polar surface area (TPSA) is 54.2 Å². The number of hydrogen-bond donors (Lipinski definition) is 1. The molecule has 1 saturated heterocycles. The second-order valence-corrected chi connectivity index (χ2v) is 9.25. The van der Waals surface area contributed by atoms with E-state index in [1.165, 1.54) is 53.7 Å². The number of nitrogens with one attached hydrogen (secondary N) is 1. The van der Waals surface area contributed by atoms with E-state index in [1.54, 1.807) is 0 Å². The molecule has 1 unspecified atom stereocenters. The van der Waals surface area contributed by atoms with Gasteiger partial charge in [0.2, 0.25) is 11.8 Å². The SMILES string of the molecule is Cc1ccc(-c2nnc(C(C)NCc3ccccc3-c3ccc(CN4CCCC4)cc3)o2)cc1. The zero-order chi connectivity index (χ0) is 23.3. The highest BCUT2D eigenvalue weighted by Gasteiger charge is 2.16. The lowest BCUT2D eigenvalue weighted by molar-refractivity contribution is 0.331. The minimum absolute atomic E-state index is 0.0532. The second kappa shape index (κ2) is 10.3. The summed E-state index contributed by atoms with van der Waals surface area (Å²) in [6.45, 7) is 8.34. The highest BCUT2D eigenvalue weighted by atomic mass is 16.4. The zero-order valence-electron chi connectivity index (χ0n) is 20.0. The summed E-state index contributed by atoms with van der Waals surface area (Å²) in [4.78, 5) is 2.54. The van der Waals surface area contributed by atoms with Gasteiger partial charge in [-0.15, -0.1) is 10.2 Å². The molecule has 174 valence electrons. The average Bonchev–Trinajstić information content (AvgIpc) is 3.57. The Hall–Kier alpha value is -3.28. The second-order valence-electron chi connectivity index (χ2n) is 9.25. The number of likely N-dealkylation sites (tertiary alicyclic amines) is 1. The smallest absolute Gasteiger partial charge is 0.247 e. The summed E-state index contributed by atoms with van der Waals surface area (Å²) in [6, 6.07) is 25.7. The van der Waals surface area contributed by atoms with Crippen LogP contribution in [0.4, 0.5) is 0 Å². The van der Waals surface area contributed by atoms with E-state index in [-0.39, 0.29) is 6.04 Å². The Morgan fingerprint density at radius 2 is 1.59 bits per heavy atom. The van der Waals surface area contributed by atoms with E-state index in [0.29, 0.717) is 11.8 Å². The minimum atomic E-state index is -0.0532. The van der Waals surface area contributed by atoms with E-state index < -0.39 is 0 Å². The summed E-state index contributed by atoms with van der Waals surface area (Å²) in [5.74, 6) is 1.15. The molecule has 34 heavy (non-hydrogen) atoms. The molecule has 0 radical (unpaired) electrons. The lowest BCUT2D eigenvalue weighted by Crippen LogP contribution is -2.19.